The molecule has 1 fully saturated rings. The minimum Gasteiger partial charge on any atom is -0.396 e. The Bertz CT molecular complexity index is 124. The van der Waals surface area contributed by atoms with Crippen LogP contribution in [0.3, 0.4) is 0 Å². The first kappa shape index (κ1) is 11.3. The fraction of sp³-hybridized carbons (Fsp3) is 1.00. The van der Waals surface area contributed by atoms with Crippen LogP contribution in [0, 0.1) is 5.92 Å². The van der Waals surface area contributed by atoms with E-state index in [1.807, 2.05) is 0 Å². The maximum absolute atomic E-state index is 8.80. The summed E-state index contributed by atoms with van der Waals surface area (Å²) in [5.41, 5.74) is 0. The van der Waals surface area contributed by atoms with Gasteiger partial charge in [0.2, 0.25) is 0 Å². The van der Waals surface area contributed by atoms with E-state index in [1.54, 1.807) is 0 Å². The lowest BCUT2D eigenvalue weighted by Gasteiger charge is -2.31. The van der Waals surface area contributed by atoms with E-state index in [4.69, 9.17) is 5.11 Å². The van der Waals surface area contributed by atoms with Crippen molar-refractivity contribution in [2.24, 2.45) is 5.92 Å². The molecule has 1 N–H and O–H groups in total. The molecule has 1 saturated heterocycles. The molecule has 0 amide bonds. The molecule has 0 aromatic carbocycles. The third-order valence-corrected chi connectivity index (χ3v) is 3.19. The molecule has 0 bridgehead atoms. The fourth-order valence-corrected chi connectivity index (χ4v) is 2.12. The van der Waals surface area contributed by atoms with Crippen molar-refractivity contribution in [3.63, 3.8) is 0 Å². The molecule has 1 aliphatic heterocycles. The molecule has 2 nitrogen and oxygen atoms in total. The topological polar surface area (TPSA) is 23.5 Å². The Morgan fingerprint density at radius 2 is 2.00 bits per heavy atom. The number of nitrogens with zero attached hydrogens (tertiary/aromatic N) is 1. The van der Waals surface area contributed by atoms with Gasteiger partial charge in [-0.1, -0.05) is 0 Å². The van der Waals surface area contributed by atoms with Crippen molar-refractivity contribution >= 4 is 12.6 Å². The zero-order chi connectivity index (χ0) is 9.52. The Hall–Kier alpha value is 0.270. The Morgan fingerprint density at radius 1 is 1.31 bits per heavy atom. The van der Waals surface area contributed by atoms with E-state index in [1.165, 1.54) is 38.9 Å². The van der Waals surface area contributed by atoms with Crippen LogP contribution < -0.4 is 0 Å². The van der Waals surface area contributed by atoms with Gasteiger partial charge in [-0.25, -0.2) is 0 Å². The van der Waals surface area contributed by atoms with Crippen LogP contribution >= 0.6 is 12.6 Å². The molecule has 1 aliphatic rings. The van der Waals surface area contributed by atoms with Crippen molar-refractivity contribution in [1.29, 1.82) is 0 Å². The second kappa shape index (κ2) is 6.68. The van der Waals surface area contributed by atoms with Gasteiger partial charge in [0.15, 0.2) is 0 Å². The molecular weight excluding hydrogens is 182 g/mol. The van der Waals surface area contributed by atoms with Crippen LogP contribution in [-0.4, -0.2) is 42.0 Å². The molecule has 0 atom stereocenters. The van der Waals surface area contributed by atoms with Gasteiger partial charge in [-0.3, -0.25) is 0 Å². The molecule has 1 heterocycles. The maximum Gasteiger partial charge on any atom is 0.0433 e. The van der Waals surface area contributed by atoms with Crippen molar-refractivity contribution in [2.75, 3.05) is 32.0 Å². The zero-order valence-electron chi connectivity index (χ0n) is 8.28. The van der Waals surface area contributed by atoms with Crippen molar-refractivity contribution in [3.05, 3.63) is 0 Å². The first-order valence-corrected chi connectivity index (χ1v) is 5.94. The number of thiol groups is 1. The van der Waals surface area contributed by atoms with Gasteiger partial charge >= 0.3 is 0 Å². The van der Waals surface area contributed by atoms with Gasteiger partial charge in [0.1, 0.15) is 0 Å². The Morgan fingerprint density at radius 3 is 2.54 bits per heavy atom. The summed E-state index contributed by atoms with van der Waals surface area (Å²) in [6.45, 7) is 4.01. The number of aliphatic hydroxyl groups excluding tert-OH is 1. The molecule has 3 heteroatoms. The fourth-order valence-electron chi connectivity index (χ4n) is 1.98. The van der Waals surface area contributed by atoms with Crippen molar-refractivity contribution in [1.82, 2.24) is 4.90 Å². The van der Waals surface area contributed by atoms with Gasteiger partial charge in [-0.15, -0.1) is 0 Å². The molecule has 1 rings (SSSR count). The minimum atomic E-state index is 0.362. The summed E-state index contributed by atoms with van der Waals surface area (Å²) in [5.74, 6) is 1.77. The lowest BCUT2D eigenvalue weighted by molar-refractivity contribution is 0.159. The van der Waals surface area contributed by atoms with Crippen LogP contribution in [0.4, 0.5) is 0 Å². The van der Waals surface area contributed by atoms with Crippen LogP contribution in [-0.2, 0) is 0 Å². The molecule has 0 radical (unpaired) electrons. The van der Waals surface area contributed by atoms with Crippen molar-refractivity contribution in [3.8, 4) is 0 Å². The van der Waals surface area contributed by atoms with E-state index >= 15 is 0 Å². The minimum absolute atomic E-state index is 0.362. The number of likely N-dealkylation sites (tertiary alicyclic amines) is 1. The molecule has 0 aromatic rings. The highest BCUT2D eigenvalue weighted by atomic mass is 32.1. The lowest BCUT2D eigenvalue weighted by Crippen LogP contribution is -2.34. The quantitative estimate of drug-likeness (QED) is 0.660. The van der Waals surface area contributed by atoms with Crippen LogP contribution in [0.2, 0.25) is 0 Å². The van der Waals surface area contributed by atoms with E-state index in [9.17, 15) is 0 Å². The van der Waals surface area contributed by atoms with E-state index in [0.717, 1.165) is 18.1 Å². The second-order valence-electron chi connectivity index (χ2n) is 3.87. The Kier molecular flexibility index (Phi) is 5.83. The van der Waals surface area contributed by atoms with Gasteiger partial charge in [-0.05, 0) is 57.0 Å². The number of hydrogen-bond donors (Lipinski definition) is 2. The average Bonchev–Trinajstić information content (AvgIpc) is 2.17. The monoisotopic (exact) mass is 203 g/mol. The molecule has 0 spiro atoms. The molecule has 0 unspecified atom stereocenters. The van der Waals surface area contributed by atoms with Crippen LogP contribution in [0.25, 0.3) is 0 Å². The maximum atomic E-state index is 8.80. The summed E-state index contributed by atoms with van der Waals surface area (Å²) in [7, 11) is 0. The number of rotatable bonds is 5. The molecular formula is C10H21NOS. The highest BCUT2D eigenvalue weighted by Crippen LogP contribution is 2.19. The molecule has 0 saturated carbocycles. The van der Waals surface area contributed by atoms with Crippen molar-refractivity contribution < 1.29 is 5.11 Å². The number of hydrogen-bond acceptors (Lipinski definition) is 3. The predicted molar refractivity (Wildman–Crippen MR) is 59.3 cm³/mol. The predicted octanol–water partition coefficient (Wildman–Crippen LogP) is 1.40. The third kappa shape index (κ3) is 4.34. The van der Waals surface area contributed by atoms with Gasteiger partial charge in [-0.2, -0.15) is 12.6 Å². The molecule has 78 valence electrons. The van der Waals surface area contributed by atoms with Gasteiger partial charge < -0.3 is 10.0 Å². The van der Waals surface area contributed by atoms with Gasteiger partial charge in [0.25, 0.3) is 0 Å². The highest BCUT2D eigenvalue weighted by Gasteiger charge is 2.17. The van der Waals surface area contributed by atoms with E-state index in [2.05, 4.69) is 17.5 Å². The highest BCUT2D eigenvalue weighted by molar-refractivity contribution is 7.80. The second-order valence-corrected chi connectivity index (χ2v) is 4.32. The smallest absolute Gasteiger partial charge is 0.0433 e. The first-order valence-electron chi connectivity index (χ1n) is 5.31. The normalized spacial score (nSPS) is 20.8. The average molecular weight is 203 g/mol. The number of aliphatic hydroxyl groups is 1. The first-order chi connectivity index (χ1) is 6.36. The summed E-state index contributed by atoms with van der Waals surface area (Å²) in [5, 5.41) is 8.80. The SMILES string of the molecule is OCCC1CCN(CCCS)CC1. The van der Waals surface area contributed by atoms with Crippen LogP contribution in [0.1, 0.15) is 25.7 Å². The van der Waals surface area contributed by atoms with Gasteiger partial charge in [0, 0.05) is 6.61 Å². The van der Waals surface area contributed by atoms with Gasteiger partial charge in [0.05, 0.1) is 0 Å². The molecule has 0 aliphatic carbocycles. The van der Waals surface area contributed by atoms with E-state index in [0.29, 0.717) is 6.61 Å². The third-order valence-electron chi connectivity index (χ3n) is 2.88. The van der Waals surface area contributed by atoms with Crippen molar-refractivity contribution in [2.45, 2.75) is 25.7 Å². The summed E-state index contributed by atoms with van der Waals surface area (Å²) in [6.07, 6.45) is 4.74. The summed E-state index contributed by atoms with van der Waals surface area (Å²) in [4.78, 5) is 2.52. The Balaban J connectivity index is 2.08. The van der Waals surface area contributed by atoms with E-state index < -0.39 is 0 Å². The summed E-state index contributed by atoms with van der Waals surface area (Å²) in [6, 6.07) is 0. The largest absolute Gasteiger partial charge is 0.396 e. The van der Waals surface area contributed by atoms with Crippen LogP contribution in [0.15, 0.2) is 0 Å². The Labute approximate surface area is 86.7 Å². The lowest BCUT2D eigenvalue weighted by atomic mass is 9.94. The zero-order valence-corrected chi connectivity index (χ0v) is 9.18. The number of piperidine rings is 1. The molecule has 0 aromatic heterocycles. The molecule has 13 heavy (non-hydrogen) atoms. The summed E-state index contributed by atoms with van der Waals surface area (Å²) >= 11 is 4.21. The summed E-state index contributed by atoms with van der Waals surface area (Å²) < 4.78 is 0. The van der Waals surface area contributed by atoms with E-state index in [-0.39, 0.29) is 0 Å². The standard InChI is InChI=1S/C10H21NOS/c12-8-4-10-2-6-11(7-3-10)5-1-9-13/h10,12-13H,1-9H2. The van der Waals surface area contributed by atoms with Crippen LogP contribution in [0.5, 0.6) is 0 Å².